The van der Waals surface area contributed by atoms with E-state index in [0.29, 0.717) is 6.54 Å². The SMILES string of the molecule is CCN(c1c(F)cc(CO)cc1F)C(C)C. The van der Waals surface area contributed by atoms with Crippen LogP contribution in [-0.4, -0.2) is 17.7 Å². The summed E-state index contributed by atoms with van der Waals surface area (Å²) in [5, 5.41) is 8.84. The van der Waals surface area contributed by atoms with Gasteiger partial charge in [0.05, 0.1) is 6.61 Å². The van der Waals surface area contributed by atoms with E-state index < -0.39 is 11.6 Å². The molecule has 1 aromatic carbocycles. The van der Waals surface area contributed by atoms with E-state index in [0.717, 1.165) is 0 Å². The minimum atomic E-state index is -0.625. The normalized spacial score (nSPS) is 10.9. The maximum absolute atomic E-state index is 13.7. The lowest BCUT2D eigenvalue weighted by Crippen LogP contribution is -2.32. The summed E-state index contributed by atoms with van der Waals surface area (Å²) in [5.74, 6) is -1.25. The fourth-order valence-corrected chi connectivity index (χ4v) is 1.77. The van der Waals surface area contributed by atoms with E-state index in [-0.39, 0.29) is 23.9 Å². The Bertz CT molecular complexity index is 343. The second-order valence-electron chi connectivity index (χ2n) is 3.95. The molecule has 0 aliphatic rings. The molecule has 0 bridgehead atoms. The third kappa shape index (κ3) is 2.50. The Balaban J connectivity index is 3.22. The Morgan fingerprint density at radius 2 is 1.75 bits per heavy atom. The highest BCUT2D eigenvalue weighted by Crippen LogP contribution is 2.26. The molecule has 0 fully saturated rings. The van der Waals surface area contributed by atoms with Gasteiger partial charge in [-0.05, 0) is 38.5 Å². The monoisotopic (exact) mass is 229 g/mol. The highest BCUT2D eigenvalue weighted by atomic mass is 19.1. The molecule has 1 N–H and O–H groups in total. The Hall–Kier alpha value is -1.16. The lowest BCUT2D eigenvalue weighted by atomic mass is 10.1. The van der Waals surface area contributed by atoms with Gasteiger partial charge in [-0.2, -0.15) is 0 Å². The smallest absolute Gasteiger partial charge is 0.149 e. The summed E-state index contributed by atoms with van der Waals surface area (Å²) < 4.78 is 27.4. The first-order valence-corrected chi connectivity index (χ1v) is 5.36. The largest absolute Gasteiger partial charge is 0.392 e. The number of hydrogen-bond acceptors (Lipinski definition) is 2. The highest BCUT2D eigenvalue weighted by Gasteiger charge is 2.18. The number of hydrogen-bond donors (Lipinski definition) is 1. The van der Waals surface area contributed by atoms with E-state index in [1.54, 1.807) is 4.90 Å². The van der Waals surface area contributed by atoms with Crippen LogP contribution in [0.25, 0.3) is 0 Å². The summed E-state index contributed by atoms with van der Waals surface area (Å²) in [6, 6.07) is 2.36. The summed E-state index contributed by atoms with van der Waals surface area (Å²) >= 11 is 0. The average Bonchev–Trinajstić information content (AvgIpc) is 2.22. The van der Waals surface area contributed by atoms with Gasteiger partial charge in [-0.1, -0.05) is 0 Å². The predicted octanol–water partition coefficient (Wildman–Crippen LogP) is 2.69. The van der Waals surface area contributed by atoms with E-state index in [9.17, 15) is 8.78 Å². The van der Waals surface area contributed by atoms with Gasteiger partial charge in [-0.3, -0.25) is 0 Å². The molecule has 1 aromatic rings. The molecule has 0 saturated heterocycles. The number of benzene rings is 1. The number of aliphatic hydroxyl groups is 1. The molecule has 0 atom stereocenters. The zero-order chi connectivity index (χ0) is 12.3. The minimum absolute atomic E-state index is 0.0188. The molecule has 0 spiro atoms. The maximum Gasteiger partial charge on any atom is 0.149 e. The van der Waals surface area contributed by atoms with Gasteiger partial charge in [-0.25, -0.2) is 8.78 Å². The molecule has 4 heteroatoms. The van der Waals surface area contributed by atoms with Gasteiger partial charge in [0, 0.05) is 12.6 Å². The van der Waals surface area contributed by atoms with Crippen molar-refractivity contribution < 1.29 is 13.9 Å². The highest BCUT2D eigenvalue weighted by molar-refractivity contribution is 5.51. The Morgan fingerprint density at radius 3 is 2.06 bits per heavy atom. The van der Waals surface area contributed by atoms with Crippen molar-refractivity contribution in [2.24, 2.45) is 0 Å². The molecular formula is C12H17F2NO. The average molecular weight is 229 g/mol. The van der Waals surface area contributed by atoms with Gasteiger partial charge in [0.15, 0.2) is 0 Å². The van der Waals surface area contributed by atoms with Crippen LogP contribution in [-0.2, 0) is 6.61 Å². The van der Waals surface area contributed by atoms with Crippen LogP contribution < -0.4 is 4.90 Å². The van der Waals surface area contributed by atoms with Crippen LogP contribution in [0.1, 0.15) is 26.3 Å². The number of anilines is 1. The van der Waals surface area contributed by atoms with Crippen LogP contribution in [0.3, 0.4) is 0 Å². The summed E-state index contributed by atoms with van der Waals surface area (Å²) in [5.41, 5.74) is 0.230. The quantitative estimate of drug-likeness (QED) is 0.858. The third-order valence-electron chi connectivity index (χ3n) is 2.51. The molecule has 0 saturated carbocycles. The first-order valence-electron chi connectivity index (χ1n) is 5.36. The number of nitrogens with zero attached hydrogens (tertiary/aromatic N) is 1. The van der Waals surface area contributed by atoms with E-state index in [1.165, 1.54) is 12.1 Å². The van der Waals surface area contributed by atoms with Crippen LogP contribution >= 0.6 is 0 Å². The Morgan fingerprint density at radius 1 is 1.25 bits per heavy atom. The molecular weight excluding hydrogens is 212 g/mol. The topological polar surface area (TPSA) is 23.5 Å². The van der Waals surface area contributed by atoms with Crippen LogP contribution in [0.2, 0.25) is 0 Å². The van der Waals surface area contributed by atoms with Crippen LogP contribution in [0.5, 0.6) is 0 Å². The maximum atomic E-state index is 13.7. The van der Waals surface area contributed by atoms with Crippen molar-refractivity contribution in [3.63, 3.8) is 0 Å². The van der Waals surface area contributed by atoms with Gasteiger partial charge < -0.3 is 10.0 Å². The van der Waals surface area contributed by atoms with E-state index in [1.807, 2.05) is 20.8 Å². The first kappa shape index (κ1) is 12.9. The molecule has 0 radical (unpaired) electrons. The summed E-state index contributed by atoms with van der Waals surface area (Å²) in [7, 11) is 0. The van der Waals surface area contributed by atoms with Gasteiger partial charge in [0.1, 0.15) is 17.3 Å². The van der Waals surface area contributed by atoms with Gasteiger partial charge in [-0.15, -0.1) is 0 Å². The van der Waals surface area contributed by atoms with Gasteiger partial charge in [0.2, 0.25) is 0 Å². The van der Waals surface area contributed by atoms with Gasteiger partial charge >= 0.3 is 0 Å². The third-order valence-corrected chi connectivity index (χ3v) is 2.51. The summed E-state index contributed by atoms with van der Waals surface area (Å²) in [6.07, 6.45) is 0. The molecule has 0 amide bonds. The fraction of sp³-hybridized carbons (Fsp3) is 0.500. The van der Waals surface area contributed by atoms with E-state index in [2.05, 4.69) is 0 Å². The Kier molecular flexibility index (Phi) is 4.24. The van der Waals surface area contributed by atoms with Crippen molar-refractivity contribution in [1.29, 1.82) is 0 Å². The molecule has 16 heavy (non-hydrogen) atoms. The van der Waals surface area contributed by atoms with Crippen LogP contribution in [0.15, 0.2) is 12.1 Å². The Labute approximate surface area is 94.5 Å². The molecule has 1 rings (SSSR count). The van der Waals surface area contributed by atoms with Crippen molar-refractivity contribution in [2.75, 3.05) is 11.4 Å². The fourth-order valence-electron chi connectivity index (χ4n) is 1.77. The molecule has 0 heterocycles. The molecule has 0 aliphatic heterocycles. The van der Waals surface area contributed by atoms with E-state index >= 15 is 0 Å². The van der Waals surface area contributed by atoms with Crippen molar-refractivity contribution in [3.05, 3.63) is 29.3 Å². The first-order chi connectivity index (χ1) is 7.51. The van der Waals surface area contributed by atoms with Crippen LogP contribution in [0, 0.1) is 11.6 Å². The number of aliphatic hydroxyl groups excluding tert-OH is 1. The standard InChI is InChI=1S/C12H17F2NO/c1-4-15(8(2)3)12-10(13)5-9(7-16)6-11(12)14/h5-6,8,16H,4,7H2,1-3H3. The van der Waals surface area contributed by atoms with Gasteiger partial charge in [0.25, 0.3) is 0 Å². The zero-order valence-corrected chi connectivity index (χ0v) is 9.80. The minimum Gasteiger partial charge on any atom is -0.392 e. The molecule has 0 aromatic heterocycles. The van der Waals surface area contributed by atoms with E-state index in [4.69, 9.17) is 5.11 Å². The number of halogens is 2. The van der Waals surface area contributed by atoms with Crippen molar-refractivity contribution in [1.82, 2.24) is 0 Å². The van der Waals surface area contributed by atoms with Crippen molar-refractivity contribution in [3.8, 4) is 0 Å². The van der Waals surface area contributed by atoms with Crippen molar-refractivity contribution >= 4 is 5.69 Å². The van der Waals surface area contributed by atoms with Crippen LogP contribution in [0.4, 0.5) is 14.5 Å². The lowest BCUT2D eigenvalue weighted by molar-refractivity contribution is 0.280. The second-order valence-corrected chi connectivity index (χ2v) is 3.95. The molecule has 0 unspecified atom stereocenters. The number of rotatable bonds is 4. The predicted molar refractivity (Wildman–Crippen MR) is 60.4 cm³/mol. The molecule has 90 valence electrons. The molecule has 2 nitrogen and oxygen atoms in total. The van der Waals surface area contributed by atoms with Crippen molar-refractivity contribution in [2.45, 2.75) is 33.4 Å². The summed E-state index contributed by atoms with van der Waals surface area (Å²) in [6.45, 7) is 5.77. The molecule has 0 aliphatic carbocycles. The second kappa shape index (κ2) is 5.25. The zero-order valence-electron chi connectivity index (χ0n) is 9.80. The lowest BCUT2D eigenvalue weighted by Gasteiger charge is -2.28. The summed E-state index contributed by atoms with van der Waals surface area (Å²) in [4.78, 5) is 1.64.